The molecule has 3 aromatic carbocycles. The van der Waals surface area contributed by atoms with Crippen LogP contribution in [0.2, 0.25) is 0 Å². The summed E-state index contributed by atoms with van der Waals surface area (Å²) in [7, 11) is 0. The molecule has 4 atom stereocenters. The van der Waals surface area contributed by atoms with Gasteiger partial charge in [-0.25, -0.2) is 4.79 Å². The Morgan fingerprint density at radius 2 is 1.32 bits per heavy atom. The van der Waals surface area contributed by atoms with Crippen LogP contribution in [0.1, 0.15) is 86.7 Å². The van der Waals surface area contributed by atoms with E-state index in [4.69, 9.17) is 18.9 Å². The summed E-state index contributed by atoms with van der Waals surface area (Å²) in [6, 6.07) is 9.43. The average molecular weight is 934 g/mol. The highest BCUT2D eigenvalue weighted by molar-refractivity contribution is 8.01. The van der Waals surface area contributed by atoms with Crippen LogP contribution < -0.4 is 34.9 Å². The van der Waals surface area contributed by atoms with Crippen LogP contribution in [0.4, 0.5) is 0 Å². The van der Waals surface area contributed by atoms with Crippen LogP contribution in [0.3, 0.4) is 0 Å². The highest BCUT2D eigenvalue weighted by Crippen LogP contribution is 2.51. The molecule has 2 saturated heterocycles. The molecule has 2 aliphatic rings. The lowest BCUT2D eigenvalue weighted by molar-refractivity contribution is -0.161. The van der Waals surface area contributed by atoms with E-state index in [2.05, 4.69) is 16.0 Å². The lowest BCUT2D eigenvalue weighted by Crippen LogP contribution is -2.71. The van der Waals surface area contributed by atoms with E-state index < -0.39 is 99.9 Å². The number of β-lactam (4-membered cyclic amide) rings is 1. The summed E-state index contributed by atoms with van der Waals surface area (Å²) in [5.41, 5.74) is -0.238. The second kappa shape index (κ2) is 21.0. The highest BCUT2D eigenvalue weighted by Gasteiger charge is 2.64. The zero-order chi connectivity index (χ0) is 48.6. The lowest BCUT2D eigenvalue weighted by atomic mass is 9.95. The third kappa shape index (κ3) is 11.8. The monoisotopic (exact) mass is 933 g/mol. The van der Waals surface area contributed by atoms with Crippen molar-refractivity contribution in [3.8, 4) is 28.7 Å². The first-order chi connectivity index (χ1) is 31.1. The number of nitrogens with one attached hydrogen (secondary N) is 3. The number of rotatable bonds is 18. The number of phenolic OH excluding ortho intramolecular Hbond substituents is 1. The van der Waals surface area contributed by atoms with E-state index in [1.54, 1.807) is 13.8 Å². The van der Waals surface area contributed by atoms with Crippen LogP contribution in [0.5, 0.6) is 28.7 Å². The number of unbranched alkanes of at least 4 members (excludes halogenated alkanes) is 1. The lowest BCUT2D eigenvalue weighted by Gasteiger charge is -2.44. The van der Waals surface area contributed by atoms with Gasteiger partial charge in [-0.3, -0.25) is 43.2 Å². The summed E-state index contributed by atoms with van der Waals surface area (Å²) < 4.78 is 19.9. The van der Waals surface area contributed by atoms with Gasteiger partial charge in [-0.15, -0.1) is 11.8 Å². The van der Waals surface area contributed by atoms with E-state index in [0.29, 0.717) is 0 Å². The molecule has 0 radical (unpaired) electrons. The molecular formula is C44H47N5O16S. The number of phenols is 1. The molecule has 5 rings (SSSR count). The Labute approximate surface area is 381 Å². The summed E-state index contributed by atoms with van der Waals surface area (Å²) in [4.78, 5) is 131. The Kier molecular flexibility index (Phi) is 15.8. The first kappa shape index (κ1) is 49.5. The number of benzene rings is 3. The highest BCUT2D eigenvalue weighted by atomic mass is 32.2. The fourth-order valence-electron chi connectivity index (χ4n) is 7.22. The maximum Gasteiger partial charge on any atom is 0.327 e. The van der Waals surface area contributed by atoms with Gasteiger partial charge < -0.3 is 54.9 Å². The molecule has 2 heterocycles. The molecule has 2 aliphatic heterocycles. The maximum atomic E-state index is 14.4. The van der Waals surface area contributed by atoms with Gasteiger partial charge >= 0.3 is 29.8 Å². The number of esters is 4. The smallest absolute Gasteiger partial charge is 0.327 e. The molecule has 66 heavy (non-hydrogen) atoms. The van der Waals surface area contributed by atoms with Gasteiger partial charge in [-0.1, -0.05) is 24.3 Å². The van der Waals surface area contributed by atoms with E-state index in [9.17, 15) is 58.2 Å². The molecule has 5 amide bonds. The molecule has 350 valence electrons. The van der Waals surface area contributed by atoms with Gasteiger partial charge in [0.1, 0.15) is 29.2 Å². The molecule has 0 bridgehead atoms. The Balaban J connectivity index is 1.37. The third-order valence-electron chi connectivity index (χ3n) is 9.96. The second-order valence-electron chi connectivity index (χ2n) is 15.5. The molecule has 2 unspecified atom stereocenters. The molecule has 5 N–H and O–H groups in total. The predicted molar refractivity (Wildman–Crippen MR) is 230 cm³/mol. The molecule has 0 saturated carbocycles. The van der Waals surface area contributed by atoms with E-state index in [1.165, 1.54) is 77.3 Å². The standard InChI is InChI=1S/C44H47N5O16S/c1-22(50)62-30-13-9-11-28(35(30)64-24(3)52)38(56)45-19-7-8-20-48(40(58)29-12-10-14-31(63-23(2)51)36(29)65-25(4)53)21-32(55)46-33(26-15-17-27(54)18-16-26)39(57)47-34-41(59)49-37(43(60)61)44(5,6)66-42(34)49/h9-18,33-34,37,42,54H,7-8,19-21H2,1-6H3,(H,45,56)(H,46,55)(H,47,57)(H,60,61)/t33-,34-,37?,42?/m1/s1. The Hall–Kier alpha value is -7.49. The number of hydrogen-bond acceptors (Lipinski definition) is 16. The predicted octanol–water partition coefficient (Wildman–Crippen LogP) is 2.24. The fraction of sp³-hybridized carbons (Fsp3) is 0.364. The molecule has 3 aromatic rings. The quantitative estimate of drug-likeness (QED) is 0.0529. The topological polar surface area (TPSA) is 291 Å². The molecular weight excluding hydrogens is 887 g/mol. The number of nitrogens with zero attached hydrogens (tertiary/aromatic N) is 2. The summed E-state index contributed by atoms with van der Waals surface area (Å²) in [5.74, 6) is -9.65. The summed E-state index contributed by atoms with van der Waals surface area (Å²) in [6.07, 6.45) is 0.294. The van der Waals surface area contributed by atoms with Gasteiger partial charge in [0.05, 0.1) is 17.7 Å². The van der Waals surface area contributed by atoms with Crippen molar-refractivity contribution in [3.05, 3.63) is 77.4 Å². The summed E-state index contributed by atoms with van der Waals surface area (Å²) >= 11 is 1.19. The van der Waals surface area contributed by atoms with Crippen LogP contribution in [0, 0.1) is 0 Å². The van der Waals surface area contributed by atoms with E-state index in [1.807, 2.05) is 0 Å². The molecule has 0 aromatic heterocycles. The van der Waals surface area contributed by atoms with E-state index >= 15 is 0 Å². The van der Waals surface area contributed by atoms with Crippen molar-refractivity contribution in [1.82, 2.24) is 25.8 Å². The second-order valence-corrected chi connectivity index (χ2v) is 17.3. The number of carbonyl (C=O) groups excluding carboxylic acids is 9. The van der Waals surface area contributed by atoms with Crippen molar-refractivity contribution in [2.24, 2.45) is 0 Å². The molecule has 0 spiro atoms. The number of thioether (sulfide) groups is 1. The zero-order valence-electron chi connectivity index (χ0n) is 36.5. The minimum atomic E-state index is -1.51. The summed E-state index contributed by atoms with van der Waals surface area (Å²) in [6.45, 7) is 6.77. The van der Waals surface area contributed by atoms with Gasteiger partial charge in [-0.2, -0.15) is 0 Å². The average Bonchev–Trinajstić information content (AvgIpc) is 3.49. The minimum Gasteiger partial charge on any atom is -0.508 e. The fourth-order valence-corrected chi connectivity index (χ4v) is 8.85. The molecule has 2 fully saturated rings. The van der Waals surface area contributed by atoms with Crippen molar-refractivity contribution in [2.45, 2.75) is 82.6 Å². The Morgan fingerprint density at radius 1 is 0.773 bits per heavy atom. The first-order valence-electron chi connectivity index (χ1n) is 20.3. The van der Waals surface area contributed by atoms with Gasteiger partial charge in [0, 0.05) is 45.5 Å². The van der Waals surface area contributed by atoms with Crippen LogP contribution in [0.25, 0.3) is 0 Å². The number of aromatic hydroxyl groups is 1. The number of carboxylic acids is 1. The zero-order valence-corrected chi connectivity index (χ0v) is 37.3. The van der Waals surface area contributed by atoms with Crippen LogP contribution >= 0.6 is 11.8 Å². The van der Waals surface area contributed by atoms with Crippen LogP contribution in [0.15, 0.2) is 60.7 Å². The SMILES string of the molecule is CC(=O)Oc1cccc(C(=O)NCCCCN(CC(=O)N[C@@H](C(=O)N[C@@H]2C(=O)N3C2SC(C)(C)C3C(=O)O)c2ccc(O)cc2)C(=O)c2cccc(OC(C)=O)c2OC(C)=O)c1OC(C)=O. The van der Waals surface area contributed by atoms with Crippen molar-refractivity contribution in [3.63, 3.8) is 0 Å². The largest absolute Gasteiger partial charge is 0.508 e. The number of hydrogen-bond donors (Lipinski definition) is 5. The van der Waals surface area contributed by atoms with Crippen LogP contribution in [-0.2, 0) is 38.4 Å². The van der Waals surface area contributed by atoms with Crippen molar-refractivity contribution in [2.75, 3.05) is 19.6 Å². The Morgan fingerprint density at radius 3 is 1.86 bits per heavy atom. The van der Waals surface area contributed by atoms with Crippen LogP contribution in [-0.4, -0.2) is 121 Å². The van der Waals surface area contributed by atoms with E-state index in [-0.39, 0.29) is 65.6 Å². The van der Waals surface area contributed by atoms with Gasteiger partial charge in [0.2, 0.25) is 17.7 Å². The number of amides is 5. The number of ether oxygens (including phenoxy) is 4. The van der Waals surface area contributed by atoms with Gasteiger partial charge in [0.25, 0.3) is 11.8 Å². The molecule has 21 nitrogen and oxygen atoms in total. The summed E-state index contributed by atoms with van der Waals surface area (Å²) in [5, 5.41) is 27.0. The minimum absolute atomic E-state index is 0.0188. The molecule has 0 aliphatic carbocycles. The number of para-hydroxylation sites is 2. The number of aliphatic carboxylic acids is 1. The van der Waals surface area contributed by atoms with Gasteiger partial charge in [0.15, 0.2) is 23.0 Å². The van der Waals surface area contributed by atoms with E-state index in [0.717, 1.165) is 32.6 Å². The normalized spacial score (nSPS) is 17.2. The van der Waals surface area contributed by atoms with Crippen molar-refractivity contribution >= 4 is 71.1 Å². The maximum absolute atomic E-state index is 14.4. The van der Waals surface area contributed by atoms with Crippen molar-refractivity contribution in [1.29, 1.82) is 0 Å². The van der Waals surface area contributed by atoms with Gasteiger partial charge in [-0.05, 0) is 68.7 Å². The molecule has 22 heteroatoms. The number of carboxylic acid groups (broad SMARTS) is 1. The first-order valence-corrected chi connectivity index (χ1v) is 21.2. The Bertz CT molecular complexity index is 2460. The third-order valence-corrected chi connectivity index (χ3v) is 11.5. The number of fused-ring (bicyclic) bond motifs is 1. The number of carbonyl (C=O) groups is 10. The van der Waals surface area contributed by atoms with Crippen molar-refractivity contribution < 1.29 is 77.1 Å².